The number of carbonyl (C=O) groups excluding carboxylic acids is 1. The van der Waals surface area contributed by atoms with E-state index in [0.717, 1.165) is 0 Å². The van der Waals surface area contributed by atoms with Gasteiger partial charge in [0.15, 0.2) is 0 Å². The van der Waals surface area contributed by atoms with Gasteiger partial charge in [0.1, 0.15) is 0 Å². The second-order valence-electron chi connectivity index (χ2n) is 5.42. The molecule has 1 aromatic rings. The molecule has 7 nitrogen and oxygen atoms in total. The number of benzene rings is 1. The van der Waals surface area contributed by atoms with E-state index in [1.165, 1.54) is 8.61 Å². The molecule has 1 fully saturated rings. The number of hydrogen-bond donors (Lipinski definition) is 1. The van der Waals surface area contributed by atoms with Crippen LogP contribution in [0.3, 0.4) is 0 Å². The van der Waals surface area contributed by atoms with Crippen LogP contribution >= 0.6 is 11.6 Å². The van der Waals surface area contributed by atoms with Crippen LogP contribution in [0.2, 0.25) is 5.02 Å². The molecule has 2 rings (SSSR count). The fraction of sp³-hybridized carbons (Fsp3) is 0.533. The summed E-state index contributed by atoms with van der Waals surface area (Å²) in [5.74, 6) is 0. The van der Waals surface area contributed by atoms with Crippen LogP contribution in [-0.4, -0.2) is 67.2 Å². The van der Waals surface area contributed by atoms with Gasteiger partial charge >= 0.3 is 6.03 Å². The van der Waals surface area contributed by atoms with Gasteiger partial charge in [-0.05, 0) is 18.2 Å². The fourth-order valence-corrected chi connectivity index (χ4v) is 4.40. The molecule has 0 aromatic heterocycles. The van der Waals surface area contributed by atoms with Gasteiger partial charge in [0.25, 0.3) is 10.2 Å². The highest BCUT2D eigenvalue weighted by atomic mass is 35.5. The quantitative estimate of drug-likeness (QED) is 0.857. The molecule has 134 valence electrons. The standard InChI is InChI=1S/C15H23ClN4O3S/c1-3-19(4-2)24(22,23)20-10-8-18(9-11-20)15(21)17-14-7-5-6-13(16)12-14/h5-7,12H,3-4,8-11H2,1-2H3,(H,17,21). The summed E-state index contributed by atoms with van der Waals surface area (Å²) in [5, 5.41) is 3.32. The number of nitrogens with one attached hydrogen (secondary N) is 1. The normalized spacial score (nSPS) is 16.4. The minimum atomic E-state index is -3.45. The molecular weight excluding hydrogens is 352 g/mol. The molecule has 0 saturated carbocycles. The van der Waals surface area contributed by atoms with Gasteiger partial charge < -0.3 is 10.2 Å². The van der Waals surface area contributed by atoms with Gasteiger partial charge in [0.05, 0.1) is 0 Å². The van der Waals surface area contributed by atoms with E-state index in [4.69, 9.17) is 11.6 Å². The molecule has 9 heteroatoms. The Bertz CT molecular complexity index is 671. The molecule has 0 spiro atoms. The first kappa shape index (κ1) is 19.0. The third-order valence-electron chi connectivity index (χ3n) is 3.96. The van der Waals surface area contributed by atoms with Crippen molar-refractivity contribution in [1.29, 1.82) is 0 Å². The second kappa shape index (κ2) is 8.15. The molecule has 1 aromatic carbocycles. The molecule has 1 aliphatic heterocycles. The maximum atomic E-state index is 12.5. The first-order chi connectivity index (χ1) is 11.4. The summed E-state index contributed by atoms with van der Waals surface area (Å²) < 4.78 is 27.8. The van der Waals surface area contributed by atoms with Gasteiger partial charge in [-0.25, -0.2) is 4.79 Å². The number of carbonyl (C=O) groups is 1. The highest BCUT2D eigenvalue weighted by Gasteiger charge is 2.32. The summed E-state index contributed by atoms with van der Waals surface area (Å²) in [7, 11) is -3.45. The number of amides is 2. The SMILES string of the molecule is CCN(CC)S(=O)(=O)N1CCN(C(=O)Nc2cccc(Cl)c2)CC1. The van der Waals surface area contributed by atoms with Crippen LogP contribution in [0, 0.1) is 0 Å². The topological polar surface area (TPSA) is 73.0 Å². The molecular formula is C15H23ClN4O3S. The molecule has 24 heavy (non-hydrogen) atoms. The number of anilines is 1. The minimum absolute atomic E-state index is 0.253. The number of nitrogens with zero attached hydrogens (tertiary/aromatic N) is 3. The molecule has 0 aliphatic carbocycles. The van der Waals surface area contributed by atoms with E-state index >= 15 is 0 Å². The van der Waals surface area contributed by atoms with E-state index in [9.17, 15) is 13.2 Å². The van der Waals surface area contributed by atoms with Crippen LogP contribution in [-0.2, 0) is 10.2 Å². The molecule has 2 amide bonds. The monoisotopic (exact) mass is 374 g/mol. The highest BCUT2D eigenvalue weighted by Crippen LogP contribution is 2.17. The van der Waals surface area contributed by atoms with E-state index in [1.807, 2.05) is 13.8 Å². The summed E-state index contributed by atoms with van der Waals surface area (Å²) >= 11 is 5.90. The van der Waals surface area contributed by atoms with Gasteiger partial charge in [-0.2, -0.15) is 17.0 Å². The largest absolute Gasteiger partial charge is 0.322 e. The lowest BCUT2D eigenvalue weighted by Gasteiger charge is -2.36. The summed E-state index contributed by atoms with van der Waals surface area (Å²) in [6.45, 7) is 5.80. The summed E-state index contributed by atoms with van der Waals surface area (Å²) in [4.78, 5) is 13.9. The number of hydrogen-bond acceptors (Lipinski definition) is 3. The van der Waals surface area contributed by atoms with Crippen LogP contribution < -0.4 is 5.32 Å². The molecule has 0 radical (unpaired) electrons. The third-order valence-corrected chi connectivity index (χ3v) is 6.38. The Labute approximate surface area is 148 Å². The maximum Gasteiger partial charge on any atom is 0.321 e. The first-order valence-electron chi connectivity index (χ1n) is 7.95. The average Bonchev–Trinajstić information content (AvgIpc) is 2.56. The lowest BCUT2D eigenvalue weighted by Crippen LogP contribution is -2.54. The van der Waals surface area contributed by atoms with Crippen molar-refractivity contribution < 1.29 is 13.2 Å². The predicted octanol–water partition coefficient (Wildman–Crippen LogP) is 2.08. The minimum Gasteiger partial charge on any atom is -0.322 e. The van der Waals surface area contributed by atoms with E-state index in [2.05, 4.69) is 5.32 Å². The lowest BCUT2D eigenvalue weighted by molar-refractivity contribution is 0.181. The van der Waals surface area contributed by atoms with Gasteiger partial charge in [-0.1, -0.05) is 31.5 Å². The molecule has 0 atom stereocenters. The molecule has 0 bridgehead atoms. The van der Waals surface area contributed by atoms with Crippen LogP contribution in [0.5, 0.6) is 0 Å². The Morgan fingerprint density at radius 1 is 1.21 bits per heavy atom. The van der Waals surface area contributed by atoms with Crippen molar-refractivity contribution >= 4 is 33.5 Å². The smallest absolute Gasteiger partial charge is 0.321 e. The summed E-state index contributed by atoms with van der Waals surface area (Å²) in [6.07, 6.45) is 0. The molecule has 1 saturated heterocycles. The number of piperazine rings is 1. The third kappa shape index (κ3) is 4.38. The maximum absolute atomic E-state index is 12.5. The van der Waals surface area contributed by atoms with E-state index < -0.39 is 10.2 Å². The van der Waals surface area contributed by atoms with Crippen molar-refractivity contribution in [2.75, 3.05) is 44.6 Å². The predicted molar refractivity (Wildman–Crippen MR) is 95.5 cm³/mol. The van der Waals surface area contributed by atoms with Crippen LogP contribution in [0.4, 0.5) is 10.5 Å². The molecule has 1 heterocycles. The van der Waals surface area contributed by atoms with Crippen molar-refractivity contribution in [2.45, 2.75) is 13.8 Å². The zero-order valence-corrected chi connectivity index (χ0v) is 15.5. The van der Waals surface area contributed by atoms with E-state index in [1.54, 1.807) is 29.2 Å². The van der Waals surface area contributed by atoms with Gasteiger partial charge in [-0.15, -0.1) is 0 Å². The number of urea groups is 1. The van der Waals surface area contributed by atoms with Crippen LogP contribution in [0.1, 0.15) is 13.8 Å². The lowest BCUT2D eigenvalue weighted by atomic mass is 10.3. The summed E-state index contributed by atoms with van der Waals surface area (Å²) in [6, 6.07) is 6.66. The van der Waals surface area contributed by atoms with Crippen molar-refractivity contribution in [2.24, 2.45) is 0 Å². The van der Waals surface area contributed by atoms with Gasteiger partial charge in [-0.3, -0.25) is 0 Å². The zero-order chi connectivity index (χ0) is 17.7. The van der Waals surface area contributed by atoms with Gasteiger partial charge in [0.2, 0.25) is 0 Å². The second-order valence-corrected chi connectivity index (χ2v) is 7.78. The Balaban J connectivity index is 1.93. The molecule has 0 unspecified atom stereocenters. The van der Waals surface area contributed by atoms with E-state index in [-0.39, 0.29) is 6.03 Å². The Hall–Kier alpha value is -1.35. The average molecular weight is 375 g/mol. The van der Waals surface area contributed by atoms with Crippen LogP contribution in [0.15, 0.2) is 24.3 Å². The molecule has 1 N–H and O–H groups in total. The Morgan fingerprint density at radius 3 is 2.38 bits per heavy atom. The van der Waals surface area contributed by atoms with E-state index in [0.29, 0.717) is 50.0 Å². The number of halogens is 1. The van der Waals surface area contributed by atoms with Crippen molar-refractivity contribution in [1.82, 2.24) is 13.5 Å². The first-order valence-corrected chi connectivity index (χ1v) is 9.72. The van der Waals surface area contributed by atoms with Crippen LogP contribution in [0.25, 0.3) is 0 Å². The van der Waals surface area contributed by atoms with Gasteiger partial charge in [0, 0.05) is 50.0 Å². The highest BCUT2D eigenvalue weighted by molar-refractivity contribution is 7.86. The Kier molecular flexibility index (Phi) is 6.45. The summed E-state index contributed by atoms with van der Waals surface area (Å²) in [5.41, 5.74) is 0.616. The number of rotatable bonds is 5. The fourth-order valence-electron chi connectivity index (χ4n) is 2.60. The Morgan fingerprint density at radius 2 is 1.83 bits per heavy atom. The van der Waals surface area contributed by atoms with Crippen molar-refractivity contribution in [3.63, 3.8) is 0 Å². The van der Waals surface area contributed by atoms with Crippen molar-refractivity contribution in [3.8, 4) is 0 Å². The molecule has 1 aliphatic rings. The zero-order valence-electron chi connectivity index (χ0n) is 13.9. The van der Waals surface area contributed by atoms with Crippen molar-refractivity contribution in [3.05, 3.63) is 29.3 Å².